The van der Waals surface area contributed by atoms with Gasteiger partial charge < -0.3 is 20.1 Å². The van der Waals surface area contributed by atoms with E-state index in [1.54, 1.807) is 21.0 Å². The molecule has 0 aromatic rings. The average molecular weight is 465 g/mol. The van der Waals surface area contributed by atoms with Crippen molar-refractivity contribution in [3.8, 4) is 0 Å². The molecule has 0 bridgehead atoms. The first-order valence-electron chi connectivity index (χ1n) is 7.53. The van der Waals surface area contributed by atoms with Crippen LogP contribution in [0.1, 0.15) is 27.2 Å². The van der Waals surface area contributed by atoms with E-state index >= 15 is 0 Å². The number of rotatable bonds is 11. The zero-order valence-electron chi connectivity index (χ0n) is 14.8. The number of ether oxygens (including phenoxy) is 2. The summed E-state index contributed by atoms with van der Waals surface area (Å²) in [4.78, 5) is 4.35. The third-order valence-corrected chi connectivity index (χ3v) is 5.29. The third kappa shape index (κ3) is 12.0. The van der Waals surface area contributed by atoms with Gasteiger partial charge in [0.25, 0.3) is 0 Å². The van der Waals surface area contributed by atoms with Gasteiger partial charge in [0.1, 0.15) is 0 Å². The number of sulfone groups is 1. The standard InChI is InChI=1S/C14H31N3O4S.HI/c1-6-15-13(16-8-7-9-21-11-10-20-4)17-12-14(2,3)22(5,18)19;/h6-12H2,1-5H3,(H2,15,16,17);1H. The highest BCUT2D eigenvalue weighted by atomic mass is 127. The van der Waals surface area contributed by atoms with Crippen LogP contribution < -0.4 is 10.6 Å². The van der Waals surface area contributed by atoms with Crippen molar-refractivity contribution in [3.05, 3.63) is 0 Å². The summed E-state index contributed by atoms with van der Waals surface area (Å²) in [5.41, 5.74) is 0. The number of hydrogen-bond donors (Lipinski definition) is 2. The van der Waals surface area contributed by atoms with Gasteiger partial charge >= 0.3 is 0 Å². The maximum absolute atomic E-state index is 11.7. The Morgan fingerprint density at radius 3 is 2.35 bits per heavy atom. The van der Waals surface area contributed by atoms with Crippen LogP contribution in [-0.4, -0.2) is 71.9 Å². The molecule has 7 nitrogen and oxygen atoms in total. The summed E-state index contributed by atoms with van der Waals surface area (Å²) >= 11 is 0. The second-order valence-corrected chi connectivity index (χ2v) is 8.26. The molecule has 0 aliphatic rings. The lowest BCUT2D eigenvalue weighted by atomic mass is 10.2. The molecule has 23 heavy (non-hydrogen) atoms. The van der Waals surface area contributed by atoms with E-state index in [-0.39, 0.29) is 30.5 Å². The fourth-order valence-electron chi connectivity index (χ4n) is 1.35. The van der Waals surface area contributed by atoms with Crippen molar-refractivity contribution in [2.45, 2.75) is 31.9 Å². The molecule has 9 heteroatoms. The first-order valence-corrected chi connectivity index (χ1v) is 9.42. The van der Waals surface area contributed by atoms with Gasteiger partial charge in [-0.25, -0.2) is 8.42 Å². The normalized spacial score (nSPS) is 12.7. The second-order valence-electron chi connectivity index (χ2n) is 5.61. The Balaban J connectivity index is 0. The number of guanidine groups is 1. The van der Waals surface area contributed by atoms with E-state index in [0.29, 0.717) is 32.3 Å². The number of halogens is 1. The SMILES string of the molecule is CCNC(=NCC(C)(C)S(C)(=O)=O)NCCCOCCOC.I. The Morgan fingerprint density at radius 1 is 1.17 bits per heavy atom. The van der Waals surface area contributed by atoms with Crippen LogP contribution in [0, 0.1) is 0 Å². The van der Waals surface area contributed by atoms with E-state index in [2.05, 4.69) is 15.6 Å². The summed E-state index contributed by atoms with van der Waals surface area (Å²) in [7, 11) is -1.50. The van der Waals surface area contributed by atoms with Crippen molar-refractivity contribution in [2.75, 3.05) is 52.8 Å². The van der Waals surface area contributed by atoms with Crippen LogP contribution in [0.2, 0.25) is 0 Å². The first-order chi connectivity index (χ1) is 10.2. The third-order valence-electron chi connectivity index (χ3n) is 3.16. The lowest BCUT2D eigenvalue weighted by molar-refractivity contribution is 0.0698. The second kappa shape index (κ2) is 13.2. The Hall–Kier alpha value is -0.130. The van der Waals surface area contributed by atoms with E-state index in [1.165, 1.54) is 6.26 Å². The molecule has 0 aliphatic carbocycles. The lowest BCUT2D eigenvalue weighted by Crippen LogP contribution is -2.41. The maximum atomic E-state index is 11.7. The van der Waals surface area contributed by atoms with E-state index in [9.17, 15) is 8.42 Å². The molecule has 0 aromatic heterocycles. The average Bonchev–Trinajstić information content (AvgIpc) is 2.42. The molecule has 140 valence electrons. The number of hydrogen-bond acceptors (Lipinski definition) is 5. The summed E-state index contributed by atoms with van der Waals surface area (Å²) in [6, 6.07) is 0. The molecule has 0 aliphatic heterocycles. The van der Waals surface area contributed by atoms with Gasteiger partial charge in [0.05, 0.1) is 24.5 Å². The van der Waals surface area contributed by atoms with E-state index in [4.69, 9.17) is 9.47 Å². The Bertz CT molecular complexity index is 428. The van der Waals surface area contributed by atoms with Gasteiger partial charge in [-0.05, 0) is 27.2 Å². The molecule has 0 saturated heterocycles. The molecule has 0 heterocycles. The topological polar surface area (TPSA) is 89.0 Å². The fraction of sp³-hybridized carbons (Fsp3) is 0.929. The van der Waals surface area contributed by atoms with Crippen LogP contribution in [-0.2, 0) is 19.3 Å². The van der Waals surface area contributed by atoms with Crippen LogP contribution in [0.25, 0.3) is 0 Å². The zero-order chi connectivity index (χ0) is 17.1. The summed E-state index contributed by atoms with van der Waals surface area (Å²) in [6.07, 6.45) is 2.07. The van der Waals surface area contributed by atoms with Gasteiger partial charge in [0, 0.05) is 33.1 Å². The minimum atomic E-state index is -3.15. The highest BCUT2D eigenvalue weighted by Crippen LogP contribution is 2.14. The zero-order valence-corrected chi connectivity index (χ0v) is 18.0. The summed E-state index contributed by atoms with van der Waals surface area (Å²) < 4.78 is 32.7. The van der Waals surface area contributed by atoms with E-state index in [1.807, 2.05) is 6.92 Å². The van der Waals surface area contributed by atoms with Gasteiger partial charge in [-0.3, -0.25) is 4.99 Å². The van der Waals surface area contributed by atoms with Gasteiger partial charge in [-0.2, -0.15) is 0 Å². The van der Waals surface area contributed by atoms with Crippen LogP contribution in [0.3, 0.4) is 0 Å². The maximum Gasteiger partial charge on any atom is 0.191 e. The van der Waals surface area contributed by atoms with Crippen molar-refractivity contribution in [1.82, 2.24) is 10.6 Å². The van der Waals surface area contributed by atoms with Gasteiger partial charge in [0.15, 0.2) is 15.8 Å². The van der Waals surface area contributed by atoms with Gasteiger partial charge in [-0.1, -0.05) is 0 Å². The van der Waals surface area contributed by atoms with Crippen molar-refractivity contribution in [1.29, 1.82) is 0 Å². The summed E-state index contributed by atoms with van der Waals surface area (Å²) in [5.74, 6) is 0.621. The lowest BCUT2D eigenvalue weighted by Gasteiger charge is -2.21. The molecule has 0 spiro atoms. The smallest absolute Gasteiger partial charge is 0.191 e. The fourth-order valence-corrected chi connectivity index (χ4v) is 1.65. The van der Waals surface area contributed by atoms with E-state index in [0.717, 1.165) is 13.0 Å². The Kier molecular flexibility index (Phi) is 14.4. The van der Waals surface area contributed by atoms with Crippen LogP contribution >= 0.6 is 24.0 Å². The monoisotopic (exact) mass is 465 g/mol. The number of nitrogens with one attached hydrogen (secondary N) is 2. The molecular formula is C14H32IN3O4S. The number of nitrogens with zero attached hydrogens (tertiary/aromatic N) is 1. The van der Waals surface area contributed by atoms with Crippen molar-refractivity contribution in [2.24, 2.45) is 4.99 Å². The largest absolute Gasteiger partial charge is 0.382 e. The number of aliphatic imine (C=N–C) groups is 1. The van der Waals surface area contributed by atoms with Gasteiger partial charge in [0.2, 0.25) is 0 Å². The van der Waals surface area contributed by atoms with Crippen LogP contribution in [0.15, 0.2) is 4.99 Å². The predicted octanol–water partition coefficient (Wildman–Crippen LogP) is 1.04. The minimum Gasteiger partial charge on any atom is -0.382 e. The summed E-state index contributed by atoms with van der Waals surface area (Å²) in [6.45, 7) is 8.79. The predicted molar refractivity (Wildman–Crippen MR) is 106 cm³/mol. The Labute approximate surface area is 157 Å². The molecule has 0 unspecified atom stereocenters. The minimum absolute atomic E-state index is 0. The molecule has 0 fully saturated rings. The molecule has 0 rings (SSSR count). The Morgan fingerprint density at radius 2 is 1.83 bits per heavy atom. The van der Waals surface area contributed by atoms with Crippen molar-refractivity contribution >= 4 is 39.8 Å². The highest BCUT2D eigenvalue weighted by Gasteiger charge is 2.29. The van der Waals surface area contributed by atoms with Crippen LogP contribution in [0.4, 0.5) is 0 Å². The quantitative estimate of drug-likeness (QED) is 0.205. The molecule has 0 saturated carbocycles. The molecule has 0 aromatic carbocycles. The van der Waals surface area contributed by atoms with Crippen molar-refractivity contribution in [3.63, 3.8) is 0 Å². The number of methoxy groups -OCH3 is 1. The van der Waals surface area contributed by atoms with Crippen LogP contribution in [0.5, 0.6) is 0 Å². The molecule has 0 amide bonds. The van der Waals surface area contributed by atoms with E-state index < -0.39 is 14.6 Å². The van der Waals surface area contributed by atoms with Gasteiger partial charge in [-0.15, -0.1) is 24.0 Å². The van der Waals surface area contributed by atoms with Crippen molar-refractivity contribution < 1.29 is 17.9 Å². The summed E-state index contributed by atoms with van der Waals surface area (Å²) in [5, 5.41) is 6.27. The molecular weight excluding hydrogens is 433 g/mol. The molecule has 2 N–H and O–H groups in total. The molecule has 0 atom stereocenters. The highest BCUT2D eigenvalue weighted by molar-refractivity contribution is 14.0. The first kappa shape index (κ1) is 25.1. The molecule has 0 radical (unpaired) electrons.